The minimum absolute atomic E-state index is 0.0238. The zero-order chi connectivity index (χ0) is 25.1. The van der Waals surface area contributed by atoms with Gasteiger partial charge in [-0.05, 0) is 55.8 Å². The standard InChI is InChI=1S/C25H23ClN4O5/c1-4-35-25(33)19-14-18-21(27-20-15(2)6-5-11-30(20)24(18)32)29(12-13-34-3)22(19)28-23(31)16-7-9-17(26)10-8-16/h5-11,14H,4,12-13H2,1-3H3. The number of nitrogens with zero attached hydrogens (tertiary/aromatic N) is 4. The molecule has 3 aromatic heterocycles. The maximum atomic E-state index is 13.4. The van der Waals surface area contributed by atoms with E-state index < -0.39 is 11.9 Å². The molecule has 180 valence electrons. The van der Waals surface area contributed by atoms with E-state index in [1.54, 1.807) is 48.0 Å². The predicted octanol–water partition coefficient (Wildman–Crippen LogP) is 3.18. The number of benzene rings is 1. The fraction of sp³-hybridized carbons (Fsp3) is 0.240. The van der Waals surface area contributed by atoms with Gasteiger partial charge in [-0.1, -0.05) is 17.7 Å². The number of pyridine rings is 2. The van der Waals surface area contributed by atoms with E-state index in [-0.39, 0.29) is 53.0 Å². The van der Waals surface area contributed by atoms with Crippen molar-refractivity contribution in [1.29, 1.82) is 0 Å². The highest BCUT2D eigenvalue weighted by Crippen LogP contribution is 2.15. The lowest BCUT2D eigenvalue weighted by Crippen LogP contribution is -2.33. The molecule has 0 spiro atoms. The van der Waals surface area contributed by atoms with Gasteiger partial charge in [0, 0.05) is 30.4 Å². The van der Waals surface area contributed by atoms with Crippen molar-refractivity contribution < 1.29 is 19.1 Å². The van der Waals surface area contributed by atoms with Crippen molar-refractivity contribution >= 4 is 40.2 Å². The third kappa shape index (κ3) is 4.73. The van der Waals surface area contributed by atoms with Gasteiger partial charge in [0.25, 0.3) is 11.5 Å². The monoisotopic (exact) mass is 494 g/mol. The molecule has 0 aliphatic heterocycles. The molecular weight excluding hydrogens is 472 g/mol. The molecule has 0 aliphatic carbocycles. The highest BCUT2D eigenvalue weighted by molar-refractivity contribution is 6.30. The second-order valence-corrected chi connectivity index (χ2v) is 8.15. The maximum Gasteiger partial charge on any atom is 0.341 e. The summed E-state index contributed by atoms with van der Waals surface area (Å²) >= 11 is 5.94. The van der Waals surface area contributed by atoms with E-state index in [0.717, 1.165) is 5.56 Å². The van der Waals surface area contributed by atoms with E-state index in [0.29, 0.717) is 10.7 Å². The molecule has 0 atom stereocenters. The number of halogens is 1. The third-order valence-electron chi connectivity index (χ3n) is 5.42. The number of rotatable bonds is 6. The zero-order valence-electron chi connectivity index (χ0n) is 19.4. The van der Waals surface area contributed by atoms with Gasteiger partial charge in [-0.2, -0.15) is 4.99 Å². The molecule has 4 rings (SSSR count). The van der Waals surface area contributed by atoms with Gasteiger partial charge in [-0.25, -0.2) is 9.78 Å². The number of aromatic nitrogens is 3. The number of carbonyl (C=O) groups is 2. The second-order valence-electron chi connectivity index (χ2n) is 7.71. The largest absolute Gasteiger partial charge is 0.462 e. The molecule has 35 heavy (non-hydrogen) atoms. The van der Waals surface area contributed by atoms with E-state index in [4.69, 9.17) is 26.1 Å². The summed E-state index contributed by atoms with van der Waals surface area (Å²) in [6, 6.07) is 11.2. The number of aryl methyl sites for hydroxylation is 1. The van der Waals surface area contributed by atoms with Crippen molar-refractivity contribution in [3.05, 3.63) is 86.2 Å². The van der Waals surface area contributed by atoms with Crippen LogP contribution in [0.4, 0.5) is 0 Å². The minimum Gasteiger partial charge on any atom is -0.462 e. The molecule has 0 bridgehead atoms. The summed E-state index contributed by atoms with van der Waals surface area (Å²) in [5, 5.41) is 0.659. The second kappa shape index (κ2) is 10.2. The van der Waals surface area contributed by atoms with E-state index in [9.17, 15) is 14.4 Å². The third-order valence-corrected chi connectivity index (χ3v) is 5.67. The van der Waals surface area contributed by atoms with Crippen LogP contribution in [0.1, 0.15) is 33.2 Å². The number of ether oxygens (including phenoxy) is 2. The fourth-order valence-electron chi connectivity index (χ4n) is 3.71. The maximum absolute atomic E-state index is 13.4. The highest BCUT2D eigenvalue weighted by Gasteiger charge is 2.20. The lowest BCUT2D eigenvalue weighted by atomic mass is 10.2. The number of esters is 1. The zero-order valence-corrected chi connectivity index (χ0v) is 20.2. The van der Waals surface area contributed by atoms with Gasteiger partial charge in [0.1, 0.15) is 16.9 Å². The summed E-state index contributed by atoms with van der Waals surface area (Å²) in [6.07, 6.45) is 1.61. The Bertz CT molecular complexity index is 1570. The summed E-state index contributed by atoms with van der Waals surface area (Å²) < 4.78 is 13.4. The summed E-state index contributed by atoms with van der Waals surface area (Å²) in [6.45, 7) is 4.02. The molecule has 1 amide bonds. The number of fused-ring (bicyclic) bond motifs is 2. The molecule has 0 saturated heterocycles. The molecule has 9 nitrogen and oxygen atoms in total. The molecule has 4 aromatic rings. The minimum atomic E-state index is -0.711. The topological polar surface area (TPSA) is 104 Å². The van der Waals surface area contributed by atoms with Gasteiger partial charge in [0.2, 0.25) is 0 Å². The summed E-state index contributed by atoms with van der Waals surface area (Å²) in [5.74, 6) is -1.30. The Balaban J connectivity index is 2.13. The van der Waals surface area contributed by atoms with E-state index in [1.807, 2.05) is 13.0 Å². The van der Waals surface area contributed by atoms with Gasteiger partial charge in [-0.15, -0.1) is 0 Å². The van der Waals surface area contributed by atoms with Gasteiger partial charge in [-0.3, -0.25) is 14.0 Å². The van der Waals surface area contributed by atoms with Crippen LogP contribution in [0, 0.1) is 6.92 Å². The van der Waals surface area contributed by atoms with Crippen molar-refractivity contribution in [2.24, 2.45) is 4.99 Å². The Morgan fingerprint density at radius 2 is 1.89 bits per heavy atom. The SMILES string of the molecule is CCOC(=O)c1cc2c(=O)n3cccc(C)c3nc2n(CCOC)c1=NC(=O)c1ccc(Cl)cc1. The van der Waals surface area contributed by atoms with Crippen molar-refractivity contribution in [2.75, 3.05) is 20.3 Å². The molecule has 0 aliphatic rings. The van der Waals surface area contributed by atoms with Crippen LogP contribution in [0.15, 0.2) is 58.4 Å². The Kier molecular flexibility index (Phi) is 7.09. The first-order valence-electron chi connectivity index (χ1n) is 10.9. The van der Waals surface area contributed by atoms with Crippen LogP contribution >= 0.6 is 11.6 Å². The Hall–Kier alpha value is -3.82. The van der Waals surface area contributed by atoms with Crippen LogP contribution in [0.2, 0.25) is 5.02 Å². The van der Waals surface area contributed by atoms with E-state index in [1.165, 1.54) is 17.6 Å². The molecule has 1 aromatic carbocycles. The summed E-state index contributed by atoms with van der Waals surface area (Å²) in [4.78, 5) is 48.4. The van der Waals surface area contributed by atoms with Gasteiger partial charge in [0.15, 0.2) is 5.49 Å². The number of hydrogen-bond acceptors (Lipinski definition) is 6. The Labute approximate surface area is 205 Å². The van der Waals surface area contributed by atoms with Crippen LogP contribution in [-0.2, 0) is 16.0 Å². The Morgan fingerprint density at radius 1 is 1.14 bits per heavy atom. The first-order chi connectivity index (χ1) is 16.8. The van der Waals surface area contributed by atoms with Crippen molar-refractivity contribution in [1.82, 2.24) is 14.0 Å². The molecule has 10 heteroatoms. The molecule has 0 saturated carbocycles. The lowest BCUT2D eigenvalue weighted by Gasteiger charge is -2.15. The lowest BCUT2D eigenvalue weighted by molar-refractivity contribution is 0.0523. The van der Waals surface area contributed by atoms with Crippen LogP contribution < -0.4 is 11.0 Å². The van der Waals surface area contributed by atoms with Crippen LogP contribution in [0.5, 0.6) is 0 Å². The average molecular weight is 495 g/mol. The van der Waals surface area contributed by atoms with Crippen LogP contribution in [-0.4, -0.2) is 46.2 Å². The van der Waals surface area contributed by atoms with Gasteiger partial charge < -0.3 is 14.0 Å². The fourth-order valence-corrected chi connectivity index (χ4v) is 3.84. The molecule has 3 heterocycles. The van der Waals surface area contributed by atoms with Gasteiger partial charge in [0.05, 0.1) is 18.6 Å². The number of hydrogen-bond donors (Lipinski definition) is 0. The molecule has 0 radical (unpaired) electrons. The molecular formula is C25H23ClN4O5. The number of carbonyl (C=O) groups excluding carboxylic acids is 2. The van der Waals surface area contributed by atoms with Crippen LogP contribution in [0.3, 0.4) is 0 Å². The van der Waals surface area contributed by atoms with Crippen molar-refractivity contribution in [2.45, 2.75) is 20.4 Å². The average Bonchev–Trinajstić information content (AvgIpc) is 2.84. The highest BCUT2D eigenvalue weighted by atomic mass is 35.5. The predicted molar refractivity (Wildman–Crippen MR) is 131 cm³/mol. The normalized spacial score (nSPS) is 11.8. The first kappa shape index (κ1) is 24.3. The first-order valence-corrected chi connectivity index (χ1v) is 11.3. The van der Waals surface area contributed by atoms with E-state index >= 15 is 0 Å². The van der Waals surface area contributed by atoms with Crippen LogP contribution in [0.25, 0.3) is 16.7 Å². The molecule has 0 fully saturated rings. The number of methoxy groups -OCH3 is 1. The summed E-state index contributed by atoms with van der Waals surface area (Å²) in [5.41, 5.74) is 1.44. The van der Waals surface area contributed by atoms with Gasteiger partial charge >= 0.3 is 5.97 Å². The summed E-state index contributed by atoms with van der Waals surface area (Å²) in [7, 11) is 1.52. The van der Waals surface area contributed by atoms with E-state index in [2.05, 4.69) is 4.99 Å². The Morgan fingerprint density at radius 3 is 2.57 bits per heavy atom. The van der Waals surface area contributed by atoms with Crippen molar-refractivity contribution in [3.63, 3.8) is 0 Å². The molecule has 0 N–H and O–H groups in total. The molecule has 0 unspecified atom stereocenters. The van der Waals surface area contributed by atoms with Crippen molar-refractivity contribution in [3.8, 4) is 0 Å². The smallest absolute Gasteiger partial charge is 0.341 e. The quantitative estimate of drug-likeness (QED) is 0.301. The number of amides is 1.